The molecule has 1 aromatic carbocycles. The molecule has 1 N–H and O–H groups in total. The molecular weight excluding hydrogens is 274 g/mol. The minimum absolute atomic E-state index is 0.0911. The number of carbonyl (C=O) groups excluding carboxylic acids is 1. The number of nitrogens with zero attached hydrogens (tertiary/aromatic N) is 2. The molecule has 1 aromatic heterocycles. The van der Waals surface area contributed by atoms with Gasteiger partial charge in [-0.05, 0) is 50.5 Å². The van der Waals surface area contributed by atoms with E-state index in [-0.39, 0.29) is 11.8 Å². The van der Waals surface area contributed by atoms with Gasteiger partial charge in [0.1, 0.15) is 0 Å². The molecule has 118 valence electrons. The molecule has 0 aliphatic rings. The van der Waals surface area contributed by atoms with E-state index in [4.69, 9.17) is 0 Å². The standard InChI is InChI=1S/C18H25N3O/c1-5-13(2)18(22)19-11-10-16-6-8-17(9-7-16)21-15(4)12-14(3)20-21/h6-9,12-13H,5,10-11H2,1-4H3,(H,19,22)/t13-/m1/s1. The average Bonchev–Trinajstić information content (AvgIpc) is 2.85. The van der Waals surface area contributed by atoms with Gasteiger partial charge in [-0.25, -0.2) is 4.68 Å². The summed E-state index contributed by atoms with van der Waals surface area (Å²) in [5.74, 6) is 0.232. The smallest absolute Gasteiger partial charge is 0.222 e. The zero-order chi connectivity index (χ0) is 16.1. The minimum Gasteiger partial charge on any atom is -0.356 e. The summed E-state index contributed by atoms with van der Waals surface area (Å²) in [5.41, 5.74) is 4.44. The molecule has 2 aromatic rings. The number of carbonyl (C=O) groups is 1. The second-order valence-corrected chi connectivity index (χ2v) is 5.86. The van der Waals surface area contributed by atoms with Crippen molar-refractivity contribution in [1.29, 1.82) is 0 Å². The first-order chi connectivity index (χ1) is 10.5. The highest BCUT2D eigenvalue weighted by Crippen LogP contribution is 2.13. The van der Waals surface area contributed by atoms with Crippen molar-refractivity contribution in [2.24, 2.45) is 5.92 Å². The second kappa shape index (κ2) is 7.25. The van der Waals surface area contributed by atoms with Crippen LogP contribution in [0.5, 0.6) is 0 Å². The van der Waals surface area contributed by atoms with E-state index in [1.807, 2.05) is 25.5 Å². The van der Waals surface area contributed by atoms with Gasteiger partial charge in [-0.3, -0.25) is 4.79 Å². The first-order valence-electron chi connectivity index (χ1n) is 7.91. The molecule has 0 spiro atoms. The number of aryl methyl sites for hydroxylation is 2. The highest BCUT2D eigenvalue weighted by Gasteiger charge is 2.09. The first-order valence-corrected chi connectivity index (χ1v) is 7.91. The fraction of sp³-hybridized carbons (Fsp3) is 0.444. The number of hydrogen-bond donors (Lipinski definition) is 1. The molecule has 0 saturated carbocycles. The fourth-order valence-corrected chi connectivity index (χ4v) is 2.38. The lowest BCUT2D eigenvalue weighted by molar-refractivity contribution is -0.124. The molecule has 0 fully saturated rings. The predicted octanol–water partition coefficient (Wildman–Crippen LogP) is 3.19. The normalized spacial score (nSPS) is 12.2. The van der Waals surface area contributed by atoms with Gasteiger partial charge in [0, 0.05) is 18.2 Å². The monoisotopic (exact) mass is 299 g/mol. The Bertz CT molecular complexity index is 628. The minimum atomic E-state index is 0.0911. The van der Waals surface area contributed by atoms with E-state index < -0.39 is 0 Å². The third-order valence-electron chi connectivity index (χ3n) is 3.96. The Hall–Kier alpha value is -2.10. The molecule has 0 saturated heterocycles. The number of nitrogens with one attached hydrogen (secondary N) is 1. The highest BCUT2D eigenvalue weighted by molar-refractivity contribution is 5.78. The summed E-state index contributed by atoms with van der Waals surface area (Å²) in [7, 11) is 0. The van der Waals surface area contributed by atoms with Gasteiger partial charge in [0.15, 0.2) is 0 Å². The zero-order valence-corrected chi connectivity index (χ0v) is 13.9. The molecule has 0 aliphatic carbocycles. The van der Waals surface area contributed by atoms with Crippen molar-refractivity contribution in [3.8, 4) is 5.69 Å². The van der Waals surface area contributed by atoms with Crippen molar-refractivity contribution in [3.63, 3.8) is 0 Å². The molecule has 0 unspecified atom stereocenters. The lowest BCUT2D eigenvalue weighted by atomic mass is 10.1. The van der Waals surface area contributed by atoms with E-state index >= 15 is 0 Å². The Kier molecular flexibility index (Phi) is 5.36. The van der Waals surface area contributed by atoms with Gasteiger partial charge in [-0.15, -0.1) is 0 Å². The molecule has 4 heteroatoms. The fourth-order valence-electron chi connectivity index (χ4n) is 2.38. The molecule has 4 nitrogen and oxygen atoms in total. The Morgan fingerprint density at radius 3 is 2.50 bits per heavy atom. The highest BCUT2D eigenvalue weighted by atomic mass is 16.1. The SMILES string of the molecule is CC[C@@H](C)C(=O)NCCc1ccc(-n2nc(C)cc2C)cc1. The van der Waals surface area contributed by atoms with E-state index in [1.54, 1.807) is 0 Å². The van der Waals surface area contributed by atoms with E-state index in [0.29, 0.717) is 6.54 Å². The molecule has 1 heterocycles. The Labute approximate surface area is 132 Å². The van der Waals surface area contributed by atoms with Gasteiger partial charge in [0.2, 0.25) is 5.91 Å². The Morgan fingerprint density at radius 1 is 1.27 bits per heavy atom. The van der Waals surface area contributed by atoms with Crippen LogP contribution < -0.4 is 5.32 Å². The van der Waals surface area contributed by atoms with Gasteiger partial charge in [0.25, 0.3) is 0 Å². The van der Waals surface area contributed by atoms with Gasteiger partial charge < -0.3 is 5.32 Å². The van der Waals surface area contributed by atoms with Crippen LogP contribution in [0.3, 0.4) is 0 Å². The van der Waals surface area contributed by atoms with Crippen molar-refractivity contribution >= 4 is 5.91 Å². The number of rotatable bonds is 6. The third-order valence-corrected chi connectivity index (χ3v) is 3.96. The summed E-state index contributed by atoms with van der Waals surface area (Å²) < 4.78 is 1.95. The average molecular weight is 299 g/mol. The molecule has 1 amide bonds. The predicted molar refractivity (Wildman–Crippen MR) is 89.2 cm³/mol. The number of hydrogen-bond acceptors (Lipinski definition) is 2. The number of aromatic nitrogens is 2. The first kappa shape index (κ1) is 16.3. The number of benzene rings is 1. The van der Waals surface area contributed by atoms with Crippen LogP contribution in [0.25, 0.3) is 5.69 Å². The Morgan fingerprint density at radius 2 is 1.95 bits per heavy atom. The lowest BCUT2D eigenvalue weighted by Crippen LogP contribution is -2.30. The van der Waals surface area contributed by atoms with Gasteiger partial charge in [-0.2, -0.15) is 5.10 Å². The van der Waals surface area contributed by atoms with Crippen LogP contribution in [0.15, 0.2) is 30.3 Å². The maximum absolute atomic E-state index is 11.7. The quantitative estimate of drug-likeness (QED) is 0.890. The van der Waals surface area contributed by atoms with Crippen LogP contribution in [0.1, 0.15) is 37.2 Å². The van der Waals surface area contributed by atoms with Gasteiger partial charge >= 0.3 is 0 Å². The molecule has 1 atom stereocenters. The summed E-state index contributed by atoms with van der Waals surface area (Å²) in [6.45, 7) is 8.72. The van der Waals surface area contributed by atoms with Crippen molar-refractivity contribution in [1.82, 2.24) is 15.1 Å². The van der Waals surface area contributed by atoms with Crippen LogP contribution in [0.4, 0.5) is 0 Å². The summed E-state index contributed by atoms with van der Waals surface area (Å²) in [6.07, 6.45) is 1.72. The van der Waals surface area contributed by atoms with Crippen molar-refractivity contribution in [3.05, 3.63) is 47.3 Å². The molecule has 0 radical (unpaired) electrons. The topological polar surface area (TPSA) is 46.9 Å². The summed E-state index contributed by atoms with van der Waals surface area (Å²) >= 11 is 0. The third kappa shape index (κ3) is 3.97. The van der Waals surface area contributed by atoms with Crippen molar-refractivity contribution < 1.29 is 4.79 Å². The second-order valence-electron chi connectivity index (χ2n) is 5.86. The van der Waals surface area contributed by atoms with E-state index in [9.17, 15) is 4.79 Å². The van der Waals surface area contributed by atoms with Crippen LogP contribution in [0.2, 0.25) is 0 Å². The summed E-state index contributed by atoms with van der Waals surface area (Å²) in [6, 6.07) is 10.4. The van der Waals surface area contributed by atoms with Crippen LogP contribution in [-0.2, 0) is 11.2 Å². The van der Waals surface area contributed by atoms with Crippen molar-refractivity contribution in [2.75, 3.05) is 6.54 Å². The maximum atomic E-state index is 11.7. The molecule has 0 bridgehead atoms. The van der Waals surface area contributed by atoms with Crippen LogP contribution in [-0.4, -0.2) is 22.2 Å². The largest absolute Gasteiger partial charge is 0.356 e. The van der Waals surface area contributed by atoms with E-state index in [1.165, 1.54) is 5.56 Å². The van der Waals surface area contributed by atoms with Crippen LogP contribution in [0, 0.1) is 19.8 Å². The van der Waals surface area contributed by atoms with E-state index in [2.05, 4.69) is 47.7 Å². The van der Waals surface area contributed by atoms with Crippen molar-refractivity contribution in [2.45, 2.75) is 40.5 Å². The molecule has 2 rings (SSSR count). The summed E-state index contributed by atoms with van der Waals surface area (Å²) in [5, 5.41) is 7.47. The number of amides is 1. The van der Waals surface area contributed by atoms with E-state index in [0.717, 1.165) is 29.9 Å². The Balaban J connectivity index is 1.92. The molecular formula is C18H25N3O. The zero-order valence-electron chi connectivity index (χ0n) is 13.9. The molecule has 22 heavy (non-hydrogen) atoms. The summed E-state index contributed by atoms with van der Waals surface area (Å²) in [4.78, 5) is 11.7. The maximum Gasteiger partial charge on any atom is 0.222 e. The molecule has 0 aliphatic heterocycles. The lowest BCUT2D eigenvalue weighted by Gasteiger charge is -2.10. The van der Waals surface area contributed by atoms with Crippen LogP contribution >= 0.6 is 0 Å². The van der Waals surface area contributed by atoms with Gasteiger partial charge in [0.05, 0.1) is 11.4 Å². The van der Waals surface area contributed by atoms with Gasteiger partial charge in [-0.1, -0.05) is 26.0 Å².